The van der Waals surface area contributed by atoms with E-state index in [0.29, 0.717) is 17.9 Å². The lowest BCUT2D eigenvalue weighted by Gasteiger charge is -2.35. The third-order valence-corrected chi connectivity index (χ3v) is 4.54. The summed E-state index contributed by atoms with van der Waals surface area (Å²) in [6.07, 6.45) is 0. The Kier molecular flexibility index (Phi) is 5.11. The fraction of sp³-hybridized carbons (Fsp3) is 0.294. The van der Waals surface area contributed by atoms with Crippen LogP contribution in [0.15, 0.2) is 40.9 Å². The van der Waals surface area contributed by atoms with Gasteiger partial charge in [-0.1, -0.05) is 22.0 Å². The lowest BCUT2D eigenvalue weighted by Crippen LogP contribution is -2.46. The SMILES string of the molecule is O=C(O)c1cccc(N2CCN(Cc3cc(Br)ccc3F)CC2)n1. The van der Waals surface area contributed by atoms with E-state index in [2.05, 4.69) is 30.7 Å². The number of aromatic carboxylic acids is 1. The highest BCUT2D eigenvalue weighted by Crippen LogP contribution is 2.19. The van der Waals surface area contributed by atoms with E-state index in [9.17, 15) is 9.18 Å². The van der Waals surface area contributed by atoms with E-state index in [1.54, 1.807) is 18.2 Å². The van der Waals surface area contributed by atoms with Gasteiger partial charge in [-0.15, -0.1) is 0 Å². The van der Waals surface area contributed by atoms with Crippen LogP contribution in [0.2, 0.25) is 0 Å². The Labute approximate surface area is 147 Å². The highest BCUT2D eigenvalue weighted by molar-refractivity contribution is 9.10. The van der Waals surface area contributed by atoms with Gasteiger partial charge in [0.2, 0.25) is 0 Å². The van der Waals surface area contributed by atoms with Crippen molar-refractivity contribution >= 4 is 27.7 Å². The molecule has 126 valence electrons. The first kappa shape index (κ1) is 16.9. The molecular weight excluding hydrogens is 377 g/mol. The van der Waals surface area contributed by atoms with Gasteiger partial charge < -0.3 is 10.0 Å². The number of carbonyl (C=O) groups is 1. The molecule has 2 aromatic rings. The number of nitrogens with zero attached hydrogens (tertiary/aromatic N) is 3. The molecule has 0 amide bonds. The Hall–Kier alpha value is -1.99. The molecule has 0 unspecified atom stereocenters. The van der Waals surface area contributed by atoms with Gasteiger partial charge in [0.05, 0.1) is 0 Å². The molecule has 1 aliphatic heterocycles. The molecule has 1 aromatic heterocycles. The van der Waals surface area contributed by atoms with Crippen molar-refractivity contribution in [3.63, 3.8) is 0 Å². The maximum atomic E-state index is 13.9. The van der Waals surface area contributed by atoms with Gasteiger partial charge in [-0.2, -0.15) is 0 Å². The zero-order valence-electron chi connectivity index (χ0n) is 13.0. The maximum Gasteiger partial charge on any atom is 0.354 e. The maximum absolute atomic E-state index is 13.9. The monoisotopic (exact) mass is 393 g/mol. The lowest BCUT2D eigenvalue weighted by atomic mass is 10.2. The molecule has 1 N–H and O–H groups in total. The molecule has 0 saturated carbocycles. The number of hydrogen-bond acceptors (Lipinski definition) is 4. The van der Waals surface area contributed by atoms with Gasteiger partial charge >= 0.3 is 5.97 Å². The predicted octanol–water partition coefficient (Wildman–Crippen LogP) is 3.00. The number of carboxylic acid groups (broad SMARTS) is 1. The lowest BCUT2D eigenvalue weighted by molar-refractivity contribution is 0.0690. The Bertz CT molecular complexity index is 748. The van der Waals surface area contributed by atoms with Crippen LogP contribution in [0.25, 0.3) is 0 Å². The summed E-state index contributed by atoms with van der Waals surface area (Å²) in [7, 11) is 0. The zero-order valence-corrected chi connectivity index (χ0v) is 14.5. The normalized spacial score (nSPS) is 15.5. The van der Waals surface area contributed by atoms with Crippen molar-refractivity contribution in [2.75, 3.05) is 31.1 Å². The van der Waals surface area contributed by atoms with Crippen LogP contribution < -0.4 is 4.90 Å². The number of rotatable bonds is 4. The van der Waals surface area contributed by atoms with Crippen LogP contribution in [0.4, 0.5) is 10.2 Å². The average Bonchev–Trinajstić information content (AvgIpc) is 2.59. The van der Waals surface area contributed by atoms with Gasteiger partial charge in [0.25, 0.3) is 0 Å². The summed E-state index contributed by atoms with van der Waals surface area (Å²) in [5.41, 5.74) is 0.718. The topological polar surface area (TPSA) is 56.7 Å². The van der Waals surface area contributed by atoms with Crippen molar-refractivity contribution in [1.82, 2.24) is 9.88 Å². The van der Waals surface area contributed by atoms with Gasteiger partial charge in [0.15, 0.2) is 5.69 Å². The molecule has 1 fully saturated rings. The highest BCUT2D eigenvalue weighted by atomic mass is 79.9. The minimum Gasteiger partial charge on any atom is -0.477 e. The highest BCUT2D eigenvalue weighted by Gasteiger charge is 2.20. The third-order valence-electron chi connectivity index (χ3n) is 4.05. The van der Waals surface area contributed by atoms with E-state index in [-0.39, 0.29) is 11.5 Å². The van der Waals surface area contributed by atoms with Crippen molar-refractivity contribution in [3.8, 4) is 0 Å². The smallest absolute Gasteiger partial charge is 0.354 e. The first-order chi connectivity index (χ1) is 11.5. The quantitative estimate of drug-likeness (QED) is 0.864. The van der Waals surface area contributed by atoms with E-state index >= 15 is 0 Å². The molecule has 7 heteroatoms. The van der Waals surface area contributed by atoms with Gasteiger partial charge in [-0.3, -0.25) is 4.90 Å². The Morgan fingerprint density at radius 1 is 1.21 bits per heavy atom. The van der Waals surface area contributed by atoms with Crippen LogP contribution in [0.5, 0.6) is 0 Å². The Morgan fingerprint density at radius 3 is 2.67 bits per heavy atom. The summed E-state index contributed by atoms with van der Waals surface area (Å²) in [6.45, 7) is 3.55. The van der Waals surface area contributed by atoms with Gasteiger partial charge in [0, 0.05) is 42.8 Å². The van der Waals surface area contributed by atoms with E-state index in [1.165, 1.54) is 12.1 Å². The zero-order chi connectivity index (χ0) is 17.1. The van der Waals surface area contributed by atoms with Crippen molar-refractivity contribution in [1.29, 1.82) is 0 Å². The second-order valence-electron chi connectivity index (χ2n) is 5.69. The number of halogens is 2. The van der Waals surface area contributed by atoms with Gasteiger partial charge in [0.1, 0.15) is 11.6 Å². The number of benzene rings is 1. The molecule has 0 aliphatic carbocycles. The van der Waals surface area contributed by atoms with Crippen molar-refractivity contribution in [2.24, 2.45) is 0 Å². The first-order valence-corrected chi connectivity index (χ1v) is 8.44. The molecule has 24 heavy (non-hydrogen) atoms. The molecule has 1 aliphatic rings. The molecule has 5 nitrogen and oxygen atoms in total. The molecule has 0 atom stereocenters. The minimum absolute atomic E-state index is 0.0473. The third kappa shape index (κ3) is 3.91. The Morgan fingerprint density at radius 2 is 1.96 bits per heavy atom. The number of anilines is 1. The summed E-state index contributed by atoms with van der Waals surface area (Å²) in [6, 6.07) is 9.97. The summed E-state index contributed by atoms with van der Waals surface area (Å²) in [5.74, 6) is -0.555. The van der Waals surface area contributed by atoms with Crippen LogP contribution in [0.3, 0.4) is 0 Å². The van der Waals surface area contributed by atoms with Crippen molar-refractivity contribution in [3.05, 3.63) is 57.9 Å². The summed E-state index contributed by atoms with van der Waals surface area (Å²) >= 11 is 3.37. The van der Waals surface area contributed by atoms with Crippen LogP contribution in [0, 0.1) is 5.82 Å². The summed E-state index contributed by atoms with van der Waals surface area (Å²) in [5, 5.41) is 9.03. The van der Waals surface area contributed by atoms with Gasteiger partial charge in [-0.05, 0) is 30.3 Å². The fourth-order valence-electron chi connectivity index (χ4n) is 2.76. The number of hydrogen-bond donors (Lipinski definition) is 1. The number of aromatic nitrogens is 1. The number of pyridine rings is 1. The first-order valence-electron chi connectivity index (χ1n) is 7.64. The van der Waals surface area contributed by atoms with E-state index in [1.807, 2.05) is 6.07 Å². The standard InChI is InChI=1S/C17H17BrFN3O2/c18-13-4-5-14(19)12(10-13)11-21-6-8-22(9-7-21)16-3-1-2-15(20-16)17(23)24/h1-5,10H,6-9,11H2,(H,23,24). The second-order valence-corrected chi connectivity index (χ2v) is 6.60. The largest absolute Gasteiger partial charge is 0.477 e. The molecule has 0 radical (unpaired) electrons. The minimum atomic E-state index is -1.03. The number of piperazine rings is 1. The molecule has 3 rings (SSSR count). The van der Waals surface area contributed by atoms with Crippen LogP contribution in [-0.2, 0) is 6.54 Å². The molecule has 1 aromatic carbocycles. The van der Waals surface area contributed by atoms with E-state index < -0.39 is 5.97 Å². The van der Waals surface area contributed by atoms with Crippen molar-refractivity contribution < 1.29 is 14.3 Å². The van der Waals surface area contributed by atoms with E-state index in [4.69, 9.17) is 5.11 Å². The van der Waals surface area contributed by atoms with Gasteiger partial charge in [-0.25, -0.2) is 14.2 Å². The van der Waals surface area contributed by atoms with Crippen molar-refractivity contribution in [2.45, 2.75) is 6.54 Å². The molecular formula is C17H17BrFN3O2. The van der Waals surface area contributed by atoms with E-state index in [0.717, 1.165) is 30.7 Å². The molecule has 1 saturated heterocycles. The molecule has 0 spiro atoms. The average molecular weight is 394 g/mol. The fourth-order valence-corrected chi connectivity index (χ4v) is 3.17. The summed E-state index contributed by atoms with van der Waals surface area (Å²) < 4.78 is 14.7. The summed E-state index contributed by atoms with van der Waals surface area (Å²) in [4.78, 5) is 19.4. The predicted molar refractivity (Wildman–Crippen MR) is 92.8 cm³/mol. The van der Waals surface area contributed by atoms with Crippen LogP contribution in [-0.4, -0.2) is 47.1 Å². The van der Waals surface area contributed by atoms with Crippen LogP contribution >= 0.6 is 15.9 Å². The number of carboxylic acids is 1. The van der Waals surface area contributed by atoms with Crippen LogP contribution in [0.1, 0.15) is 16.1 Å². The molecule has 2 heterocycles. The Balaban J connectivity index is 1.62. The molecule has 0 bridgehead atoms. The second kappa shape index (κ2) is 7.27.